The van der Waals surface area contributed by atoms with E-state index in [2.05, 4.69) is 0 Å². The number of aliphatic hydroxyl groups is 1. The van der Waals surface area contributed by atoms with Gasteiger partial charge >= 0.3 is 0 Å². The summed E-state index contributed by atoms with van der Waals surface area (Å²) in [6, 6.07) is 7.40. The molecule has 0 radical (unpaired) electrons. The Bertz CT molecular complexity index is 372. The highest BCUT2D eigenvalue weighted by Gasteiger charge is 2.06. The van der Waals surface area contributed by atoms with Crippen molar-refractivity contribution in [2.24, 2.45) is 5.92 Å². The molecule has 0 bridgehead atoms. The van der Waals surface area contributed by atoms with Crippen molar-refractivity contribution in [2.45, 2.75) is 20.8 Å². The Balaban J connectivity index is 2.89. The molecule has 0 amide bonds. The van der Waals surface area contributed by atoms with Gasteiger partial charge in [0.2, 0.25) is 0 Å². The second kappa shape index (κ2) is 4.78. The van der Waals surface area contributed by atoms with E-state index >= 15 is 0 Å². The van der Waals surface area contributed by atoms with E-state index in [1.807, 2.05) is 19.1 Å². The van der Waals surface area contributed by atoms with Crippen molar-refractivity contribution in [1.29, 1.82) is 0 Å². The third-order valence-corrected chi connectivity index (χ3v) is 2.20. The summed E-state index contributed by atoms with van der Waals surface area (Å²) >= 11 is 0. The number of ketones is 1. The number of benzene rings is 1. The van der Waals surface area contributed by atoms with Gasteiger partial charge in [-0.25, -0.2) is 0 Å². The van der Waals surface area contributed by atoms with Gasteiger partial charge in [-0.1, -0.05) is 43.7 Å². The normalized spacial score (nSPS) is 11.9. The molecule has 0 atom stereocenters. The number of aliphatic hydroxyl groups excluding tert-OH is 1. The number of carbonyl (C=O) groups is 1. The molecule has 0 heterocycles. The smallest absolute Gasteiger partial charge is 0.161 e. The minimum absolute atomic E-state index is 0.0358. The lowest BCUT2D eigenvalue weighted by Gasteiger charge is -2.02. The van der Waals surface area contributed by atoms with Crippen molar-refractivity contribution in [3.63, 3.8) is 0 Å². The van der Waals surface area contributed by atoms with Crippen LogP contribution in [-0.2, 0) is 4.79 Å². The highest BCUT2D eigenvalue weighted by atomic mass is 16.3. The van der Waals surface area contributed by atoms with Gasteiger partial charge in [-0.3, -0.25) is 4.79 Å². The van der Waals surface area contributed by atoms with Gasteiger partial charge in [-0.2, -0.15) is 0 Å². The highest BCUT2D eigenvalue weighted by Crippen LogP contribution is 2.13. The zero-order valence-corrected chi connectivity index (χ0v) is 9.32. The second-order valence-electron chi connectivity index (χ2n) is 3.95. The fraction of sp³-hybridized carbons (Fsp3) is 0.308. The maximum absolute atomic E-state index is 11.4. The molecule has 0 spiro atoms. The zero-order chi connectivity index (χ0) is 11.4. The molecule has 1 N–H and O–H groups in total. The summed E-state index contributed by atoms with van der Waals surface area (Å²) in [5.74, 6) is -0.112. The van der Waals surface area contributed by atoms with E-state index in [9.17, 15) is 9.90 Å². The average Bonchev–Trinajstić information content (AvgIpc) is 2.18. The Morgan fingerprint density at radius 2 is 1.80 bits per heavy atom. The molecule has 0 saturated heterocycles. The molecule has 0 aromatic heterocycles. The number of rotatable bonds is 3. The van der Waals surface area contributed by atoms with E-state index in [0.29, 0.717) is 5.56 Å². The summed E-state index contributed by atoms with van der Waals surface area (Å²) in [6.45, 7) is 5.59. The summed E-state index contributed by atoms with van der Waals surface area (Å²) in [5.41, 5.74) is 1.80. The van der Waals surface area contributed by atoms with Crippen molar-refractivity contribution in [2.75, 3.05) is 0 Å². The molecule has 2 heteroatoms. The number of allylic oxidation sites excluding steroid dienone is 1. The maximum Gasteiger partial charge on any atom is 0.161 e. The van der Waals surface area contributed by atoms with Gasteiger partial charge in [-0.05, 0) is 6.92 Å². The summed E-state index contributed by atoms with van der Waals surface area (Å²) in [4.78, 5) is 11.4. The number of hydrogen-bond donors (Lipinski definition) is 1. The number of hydrogen-bond acceptors (Lipinski definition) is 2. The predicted octanol–water partition coefficient (Wildman–Crippen LogP) is 3.12. The van der Waals surface area contributed by atoms with Crippen LogP contribution in [0.15, 0.2) is 30.3 Å². The molecule has 2 nitrogen and oxygen atoms in total. The quantitative estimate of drug-likeness (QED) is 0.606. The summed E-state index contributed by atoms with van der Waals surface area (Å²) in [7, 11) is 0. The van der Waals surface area contributed by atoms with Crippen LogP contribution >= 0.6 is 0 Å². The Labute approximate surface area is 90.3 Å². The molecule has 0 fully saturated rings. The van der Waals surface area contributed by atoms with Gasteiger partial charge in [0.05, 0.1) is 0 Å². The molecule has 0 aliphatic carbocycles. The van der Waals surface area contributed by atoms with Gasteiger partial charge in [0, 0.05) is 17.6 Å². The van der Waals surface area contributed by atoms with Crippen molar-refractivity contribution < 1.29 is 9.90 Å². The van der Waals surface area contributed by atoms with Crippen LogP contribution in [0.2, 0.25) is 0 Å². The molecule has 0 unspecified atom stereocenters. The van der Waals surface area contributed by atoms with E-state index in [0.717, 1.165) is 5.56 Å². The average molecular weight is 204 g/mol. The fourth-order valence-electron chi connectivity index (χ4n) is 1.11. The van der Waals surface area contributed by atoms with Gasteiger partial charge < -0.3 is 5.11 Å². The Hall–Kier alpha value is -1.57. The van der Waals surface area contributed by atoms with Crippen LogP contribution in [0.25, 0.3) is 5.76 Å². The van der Waals surface area contributed by atoms with Crippen molar-refractivity contribution in [3.05, 3.63) is 41.5 Å². The van der Waals surface area contributed by atoms with E-state index in [4.69, 9.17) is 0 Å². The molecule has 1 aromatic rings. The summed E-state index contributed by atoms with van der Waals surface area (Å²) < 4.78 is 0. The van der Waals surface area contributed by atoms with Gasteiger partial charge in [0.15, 0.2) is 5.78 Å². The first-order valence-corrected chi connectivity index (χ1v) is 5.02. The van der Waals surface area contributed by atoms with E-state index in [-0.39, 0.29) is 17.5 Å². The monoisotopic (exact) mass is 204 g/mol. The topological polar surface area (TPSA) is 37.3 Å². The molecule has 15 heavy (non-hydrogen) atoms. The predicted molar refractivity (Wildman–Crippen MR) is 61.6 cm³/mol. The van der Waals surface area contributed by atoms with Crippen LogP contribution in [-0.4, -0.2) is 10.9 Å². The molecule has 0 aliphatic rings. The summed E-state index contributed by atoms with van der Waals surface area (Å²) in [6.07, 6.45) is 1.29. The van der Waals surface area contributed by atoms with E-state index in [1.54, 1.807) is 26.0 Å². The lowest BCUT2D eigenvalue weighted by molar-refractivity contribution is -0.117. The van der Waals surface area contributed by atoms with Crippen molar-refractivity contribution in [3.8, 4) is 0 Å². The standard InChI is InChI=1S/C13H16O2/c1-9(2)12(14)8-13(15)11-6-4-10(3)5-7-11/h4-9,15H,1-3H3. The molecule has 80 valence electrons. The van der Waals surface area contributed by atoms with Crippen LogP contribution in [0.3, 0.4) is 0 Å². The van der Waals surface area contributed by atoms with Crippen LogP contribution < -0.4 is 0 Å². The zero-order valence-electron chi connectivity index (χ0n) is 9.32. The van der Waals surface area contributed by atoms with E-state index in [1.165, 1.54) is 6.08 Å². The lowest BCUT2D eigenvalue weighted by Crippen LogP contribution is -2.03. The van der Waals surface area contributed by atoms with Crippen LogP contribution in [0.5, 0.6) is 0 Å². The Kier molecular flexibility index (Phi) is 3.67. The van der Waals surface area contributed by atoms with Crippen LogP contribution in [0, 0.1) is 12.8 Å². The highest BCUT2D eigenvalue weighted by molar-refractivity contribution is 5.96. The first-order chi connectivity index (χ1) is 7.00. The number of aryl methyl sites for hydroxylation is 1. The Morgan fingerprint density at radius 1 is 1.27 bits per heavy atom. The Morgan fingerprint density at radius 3 is 2.27 bits per heavy atom. The van der Waals surface area contributed by atoms with Crippen LogP contribution in [0.1, 0.15) is 25.0 Å². The van der Waals surface area contributed by atoms with Gasteiger partial charge in [-0.15, -0.1) is 0 Å². The second-order valence-corrected chi connectivity index (χ2v) is 3.95. The minimum atomic E-state index is -0.0856. The van der Waals surface area contributed by atoms with Gasteiger partial charge in [0.25, 0.3) is 0 Å². The number of carbonyl (C=O) groups excluding carboxylic acids is 1. The molecular weight excluding hydrogens is 188 g/mol. The van der Waals surface area contributed by atoms with Gasteiger partial charge in [0.1, 0.15) is 5.76 Å². The third kappa shape index (κ3) is 3.24. The fourth-order valence-corrected chi connectivity index (χ4v) is 1.11. The molecule has 0 aliphatic heterocycles. The minimum Gasteiger partial charge on any atom is -0.507 e. The lowest BCUT2D eigenvalue weighted by atomic mass is 10.1. The maximum atomic E-state index is 11.4. The first kappa shape index (κ1) is 11.5. The largest absolute Gasteiger partial charge is 0.507 e. The summed E-state index contributed by atoms with van der Waals surface area (Å²) in [5, 5.41) is 9.67. The van der Waals surface area contributed by atoms with Crippen molar-refractivity contribution in [1.82, 2.24) is 0 Å². The van der Waals surface area contributed by atoms with E-state index < -0.39 is 0 Å². The molecule has 0 saturated carbocycles. The van der Waals surface area contributed by atoms with Crippen LogP contribution in [0.4, 0.5) is 0 Å². The third-order valence-electron chi connectivity index (χ3n) is 2.20. The molecular formula is C13H16O2. The first-order valence-electron chi connectivity index (χ1n) is 5.02. The molecule has 1 aromatic carbocycles. The molecule has 1 rings (SSSR count). The SMILES string of the molecule is Cc1ccc(C(O)=CC(=O)C(C)C)cc1. The van der Waals surface area contributed by atoms with Crippen molar-refractivity contribution >= 4 is 11.5 Å².